The van der Waals surface area contributed by atoms with Crippen LogP contribution >= 0.6 is 27.3 Å². The monoisotopic (exact) mass is 500 g/mol. The van der Waals surface area contributed by atoms with Crippen LogP contribution < -0.4 is 9.62 Å². The Bertz CT molecular complexity index is 1030. The van der Waals surface area contributed by atoms with E-state index in [0.29, 0.717) is 16.3 Å². The molecule has 1 N–H and O–H groups in total. The lowest BCUT2D eigenvalue weighted by Gasteiger charge is -2.22. The first kappa shape index (κ1) is 21.8. The summed E-state index contributed by atoms with van der Waals surface area (Å²) in [6.45, 7) is 1.57. The van der Waals surface area contributed by atoms with E-state index < -0.39 is 28.4 Å². The molecule has 0 unspecified atom stereocenters. The van der Waals surface area contributed by atoms with Crippen molar-refractivity contribution in [1.82, 2.24) is 0 Å². The molecule has 0 aliphatic heterocycles. The number of aryl methyl sites for hydroxylation is 1. The number of sulfonamides is 1. The highest BCUT2D eigenvalue weighted by Gasteiger charge is 2.29. The van der Waals surface area contributed by atoms with Gasteiger partial charge >= 0.3 is 5.97 Å². The van der Waals surface area contributed by atoms with Gasteiger partial charge in [0.1, 0.15) is 11.5 Å². The Morgan fingerprint density at radius 2 is 1.93 bits per heavy atom. The van der Waals surface area contributed by atoms with Crippen LogP contribution in [0, 0.1) is 0 Å². The van der Waals surface area contributed by atoms with E-state index in [1.807, 2.05) is 0 Å². The van der Waals surface area contributed by atoms with E-state index in [4.69, 9.17) is 4.74 Å². The number of nitrogens with zero attached hydrogens (tertiary/aromatic N) is 1. The zero-order valence-corrected chi connectivity index (χ0v) is 19.2. The van der Waals surface area contributed by atoms with Crippen LogP contribution in [-0.4, -0.2) is 39.7 Å². The minimum atomic E-state index is -3.68. The van der Waals surface area contributed by atoms with Crippen molar-refractivity contribution in [1.29, 1.82) is 0 Å². The smallest absolute Gasteiger partial charge is 0.341 e. The molecule has 10 heteroatoms. The molecule has 1 aliphatic rings. The van der Waals surface area contributed by atoms with Crippen LogP contribution in [-0.2, 0) is 32.4 Å². The predicted octanol–water partition coefficient (Wildman–Crippen LogP) is 3.58. The van der Waals surface area contributed by atoms with Gasteiger partial charge in [0.05, 0.1) is 24.1 Å². The zero-order chi connectivity index (χ0) is 21.2. The van der Waals surface area contributed by atoms with Crippen molar-refractivity contribution in [3.63, 3.8) is 0 Å². The molecule has 0 atom stereocenters. The summed E-state index contributed by atoms with van der Waals surface area (Å²) in [6, 6.07) is 6.63. The molecule has 0 saturated carbocycles. The highest BCUT2D eigenvalue weighted by molar-refractivity contribution is 9.10. The van der Waals surface area contributed by atoms with E-state index in [0.717, 1.165) is 44.7 Å². The molecule has 1 amide bonds. The largest absolute Gasteiger partial charge is 0.462 e. The van der Waals surface area contributed by atoms with Crippen LogP contribution in [0.5, 0.6) is 0 Å². The quantitative estimate of drug-likeness (QED) is 0.586. The average Bonchev–Trinajstić information content (AvgIpc) is 3.20. The molecule has 1 heterocycles. The Kier molecular flexibility index (Phi) is 6.65. The summed E-state index contributed by atoms with van der Waals surface area (Å²) in [5.74, 6) is -0.987. The molecule has 2 aromatic rings. The lowest BCUT2D eigenvalue weighted by molar-refractivity contribution is -0.114. The van der Waals surface area contributed by atoms with Crippen molar-refractivity contribution in [3.05, 3.63) is 44.7 Å². The van der Waals surface area contributed by atoms with Crippen molar-refractivity contribution in [2.24, 2.45) is 0 Å². The number of hydrogen-bond acceptors (Lipinski definition) is 6. The molecule has 1 aromatic heterocycles. The molecule has 0 bridgehead atoms. The number of hydrogen-bond donors (Lipinski definition) is 1. The van der Waals surface area contributed by atoms with Crippen LogP contribution in [0.1, 0.15) is 34.1 Å². The number of carbonyl (C=O) groups is 2. The predicted molar refractivity (Wildman–Crippen MR) is 117 cm³/mol. The van der Waals surface area contributed by atoms with Crippen LogP contribution in [0.2, 0.25) is 0 Å². The number of carbonyl (C=O) groups excluding carboxylic acids is 2. The van der Waals surface area contributed by atoms with Gasteiger partial charge in [0.25, 0.3) is 0 Å². The molecule has 1 aliphatic carbocycles. The zero-order valence-electron chi connectivity index (χ0n) is 16.0. The Morgan fingerprint density at radius 3 is 2.55 bits per heavy atom. The number of amides is 1. The maximum Gasteiger partial charge on any atom is 0.341 e. The van der Waals surface area contributed by atoms with E-state index in [1.54, 1.807) is 31.2 Å². The van der Waals surface area contributed by atoms with Crippen molar-refractivity contribution in [2.75, 3.05) is 29.0 Å². The van der Waals surface area contributed by atoms with E-state index >= 15 is 0 Å². The van der Waals surface area contributed by atoms with Crippen LogP contribution in [0.4, 0.5) is 10.7 Å². The van der Waals surface area contributed by atoms with Gasteiger partial charge in [0, 0.05) is 9.35 Å². The Morgan fingerprint density at radius 1 is 1.24 bits per heavy atom. The SMILES string of the molecule is CCOC(=O)c1c(NC(=O)CN(c2ccc(Br)cc2)S(C)(=O)=O)sc2c1CCC2. The fourth-order valence-corrected chi connectivity index (χ4v) is 5.63. The van der Waals surface area contributed by atoms with Gasteiger partial charge in [-0.1, -0.05) is 15.9 Å². The van der Waals surface area contributed by atoms with Gasteiger partial charge in [0.15, 0.2) is 0 Å². The second-order valence-electron chi connectivity index (χ2n) is 6.58. The number of fused-ring (bicyclic) bond motifs is 1. The number of esters is 1. The molecule has 29 heavy (non-hydrogen) atoms. The molecule has 156 valence electrons. The molecule has 0 saturated heterocycles. The maximum absolute atomic E-state index is 12.7. The summed E-state index contributed by atoms with van der Waals surface area (Å²) in [7, 11) is -3.68. The summed E-state index contributed by atoms with van der Waals surface area (Å²) < 4.78 is 31.5. The number of rotatable bonds is 7. The van der Waals surface area contributed by atoms with Crippen LogP contribution in [0.25, 0.3) is 0 Å². The lowest BCUT2D eigenvalue weighted by Crippen LogP contribution is -2.37. The first-order chi connectivity index (χ1) is 13.7. The topological polar surface area (TPSA) is 92.8 Å². The molecule has 1 aromatic carbocycles. The summed E-state index contributed by atoms with van der Waals surface area (Å²) in [4.78, 5) is 26.2. The van der Waals surface area contributed by atoms with E-state index in [9.17, 15) is 18.0 Å². The van der Waals surface area contributed by atoms with Crippen LogP contribution in [0.3, 0.4) is 0 Å². The molecule has 0 spiro atoms. The number of thiophene rings is 1. The van der Waals surface area contributed by atoms with Gasteiger partial charge in [-0.05, 0) is 56.0 Å². The first-order valence-electron chi connectivity index (χ1n) is 9.05. The Hall–Kier alpha value is -1.91. The third-order valence-electron chi connectivity index (χ3n) is 4.46. The number of anilines is 2. The Balaban J connectivity index is 1.84. The molecule has 3 rings (SSSR count). The van der Waals surface area contributed by atoms with Gasteiger partial charge in [-0.15, -0.1) is 11.3 Å². The highest BCUT2D eigenvalue weighted by Crippen LogP contribution is 2.39. The molecule has 0 radical (unpaired) electrons. The van der Waals surface area contributed by atoms with E-state index in [-0.39, 0.29) is 6.61 Å². The van der Waals surface area contributed by atoms with Gasteiger partial charge in [-0.2, -0.15) is 0 Å². The molecular weight excluding hydrogens is 480 g/mol. The van der Waals surface area contributed by atoms with Crippen molar-refractivity contribution in [2.45, 2.75) is 26.2 Å². The fraction of sp³-hybridized carbons (Fsp3) is 0.368. The summed E-state index contributed by atoms with van der Waals surface area (Å²) in [5.41, 5.74) is 1.70. The number of benzene rings is 1. The minimum Gasteiger partial charge on any atom is -0.462 e. The summed E-state index contributed by atoms with van der Waals surface area (Å²) >= 11 is 4.66. The van der Waals surface area contributed by atoms with E-state index in [1.165, 1.54) is 11.3 Å². The second kappa shape index (κ2) is 8.85. The van der Waals surface area contributed by atoms with Crippen LogP contribution in [0.15, 0.2) is 28.7 Å². The summed E-state index contributed by atoms with van der Waals surface area (Å²) in [5, 5.41) is 3.15. The van der Waals surface area contributed by atoms with Crippen molar-refractivity contribution in [3.8, 4) is 0 Å². The normalized spacial score (nSPS) is 13.1. The van der Waals surface area contributed by atoms with Gasteiger partial charge in [-0.25, -0.2) is 13.2 Å². The molecule has 7 nitrogen and oxygen atoms in total. The van der Waals surface area contributed by atoms with Crippen molar-refractivity contribution < 1.29 is 22.7 Å². The number of nitrogens with one attached hydrogen (secondary N) is 1. The lowest BCUT2D eigenvalue weighted by atomic mass is 10.1. The first-order valence-corrected chi connectivity index (χ1v) is 12.5. The van der Waals surface area contributed by atoms with E-state index in [2.05, 4.69) is 21.2 Å². The van der Waals surface area contributed by atoms with Gasteiger partial charge in [-0.3, -0.25) is 9.10 Å². The van der Waals surface area contributed by atoms with Crippen molar-refractivity contribution >= 4 is 59.9 Å². The second-order valence-corrected chi connectivity index (χ2v) is 10.5. The molecule has 0 fully saturated rings. The minimum absolute atomic E-state index is 0.238. The fourth-order valence-electron chi connectivity index (χ4n) is 3.22. The highest BCUT2D eigenvalue weighted by atomic mass is 79.9. The Labute approximate surface area is 182 Å². The third kappa shape index (κ3) is 4.99. The third-order valence-corrected chi connectivity index (χ3v) is 7.33. The standard InChI is InChI=1S/C19H21BrN2O5S2/c1-3-27-19(24)17-14-5-4-6-15(14)28-18(17)21-16(23)11-22(29(2,25)26)13-9-7-12(20)8-10-13/h7-10H,3-6,11H2,1-2H3,(H,21,23). The number of ether oxygens (including phenoxy) is 1. The molecular formula is C19H21BrN2O5S2. The number of halogens is 1. The van der Waals surface area contributed by atoms with Gasteiger partial charge in [0.2, 0.25) is 15.9 Å². The van der Waals surface area contributed by atoms with Gasteiger partial charge < -0.3 is 10.1 Å². The average molecular weight is 501 g/mol. The summed E-state index contributed by atoms with van der Waals surface area (Å²) in [6.07, 6.45) is 3.64. The maximum atomic E-state index is 12.7.